The van der Waals surface area contributed by atoms with Gasteiger partial charge in [-0.2, -0.15) is 13.2 Å². The molecule has 25 heavy (non-hydrogen) atoms. The molecule has 1 heterocycles. The minimum absolute atomic E-state index is 0.404. The van der Waals surface area contributed by atoms with Crippen molar-refractivity contribution in [2.24, 2.45) is 4.99 Å². The lowest BCUT2D eigenvalue weighted by molar-refractivity contribution is -0.181. The molecule has 5 nitrogen and oxygen atoms in total. The van der Waals surface area contributed by atoms with Crippen LogP contribution in [0.15, 0.2) is 4.99 Å². The number of piperazine rings is 1. The Morgan fingerprint density at radius 3 is 2.20 bits per heavy atom. The maximum absolute atomic E-state index is 12.8. The van der Waals surface area contributed by atoms with E-state index in [0.29, 0.717) is 32.2 Å². The fourth-order valence-electron chi connectivity index (χ4n) is 3.43. The Bertz CT molecular complexity index is 438. The van der Waals surface area contributed by atoms with Gasteiger partial charge >= 0.3 is 6.18 Å². The van der Waals surface area contributed by atoms with E-state index in [0.717, 1.165) is 25.1 Å². The number of alkyl halides is 3. The van der Waals surface area contributed by atoms with Crippen LogP contribution >= 0.6 is 0 Å². The van der Waals surface area contributed by atoms with Crippen LogP contribution in [-0.2, 0) is 0 Å². The van der Waals surface area contributed by atoms with Crippen molar-refractivity contribution >= 4 is 5.96 Å². The number of guanidine groups is 1. The van der Waals surface area contributed by atoms with Crippen molar-refractivity contribution in [2.75, 3.05) is 46.3 Å². The summed E-state index contributed by atoms with van der Waals surface area (Å²) in [6.45, 7) is 9.38. The summed E-state index contributed by atoms with van der Waals surface area (Å²) in [5, 5.41) is 3.37. The van der Waals surface area contributed by atoms with Crippen molar-refractivity contribution < 1.29 is 13.2 Å². The number of hydrogen-bond donors (Lipinski definition) is 1. The number of hydrogen-bond acceptors (Lipinski definition) is 3. The third-order valence-corrected chi connectivity index (χ3v) is 5.18. The molecule has 0 aromatic carbocycles. The number of halogens is 3. The van der Waals surface area contributed by atoms with Crippen LogP contribution in [0.5, 0.6) is 0 Å². The van der Waals surface area contributed by atoms with Gasteiger partial charge in [-0.25, -0.2) is 0 Å². The Labute approximate surface area is 149 Å². The summed E-state index contributed by atoms with van der Waals surface area (Å²) in [4.78, 5) is 10.4. The fourth-order valence-corrected chi connectivity index (χ4v) is 3.43. The predicted molar refractivity (Wildman–Crippen MR) is 94.9 cm³/mol. The summed E-state index contributed by atoms with van der Waals surface area (Å²) in [6, 6.07) is -0.136. The first-order valence-corrected chi connectivity index (χ1v) is 9.26. The number of nitrogens with one attached hydrogen (secondary N) is 1. The molecule has 0 aromatic rings. The molecule has 0 amide bonds. The molecule has 1 aliphatic carbocycles. The minimum Gasteiger partial charge on any atom is -0.355 e. The van der Waals surface area contributed by atoms with E-state index < -0.39 is 12.2 Å². The second-order valence-corrected chi connectivity index (χ2v) is 7.28. The van der Waals surface area contributed by atoms with Crippen molar-refractivity contribution in [3.8, 4) is 0 Å². The van der Waals surface area contributed by atoms with Gasteiger partial charge in [-0.1, -0.05) is 0 Å². The zero-order chi connectivity index (χ0) is 18.6. The molecule has 1 saturated carbocycles. The molecule has 1 N–H and O–H groups in total. The van der Waals surface area contributed by atoms with Gasteiger partial charge < -0.3 is 10.2 Å². The Balaban J connectivity index is 1.76. The van der Waals surface area contributed by atoms with Crippen LogP contribution in [0.1, 0.15) is 33.6 Å². The van der Waals surface area contributed by atoms with Gasteiger partial charge in [-0.05, 0) is 33.6 Å². The highest BCUT2D eigenvalue weighted by Crippen LogP contribution is 2.28. The van der Waals surface area contributed by atoms with Gasteiger partial charge in [0, 0.05) is 58.4 Å². The van der Waals surface area contributed by atoms with Gasteiger partial charge in [-0.3, -0.25) is 14.8 Å². The Morgan fingerprint density at radius 2 is 1.76 bits per heavy atom. The highest BCUT2D eigenvalue weighted by Gasteiger charge is 2.41. The molecule has 8 heteroatoms. The lowest BCUT2D eigenvalue weighted by atomic mass is 10.2. The number of rotatable bonds is 6. The molecule has 146 valence electrons. The van der Waals surface area contributed by atoms with E-state index >= 15 is 0 Å². The van der Waals surface area contributed by atoms with Crippen LogP contribution in [-0.4, -0.2) is 91.3 Å². The van der Waals surface area contributed by atoms with Gasteiger partial charge in [0.15, 0.2) is 5.96 Å². The Kier molecular flexibility index (Phi) is 6.96. The summed E-state index contributed by atoms with van der Waals surface area (Å²) in [5.74, 6) is 0.791. The van der Waals surface area contributed by atoms with Crippen molar-refractivity contribution in [3.05, 3.63) is 0 Å². The standard InChI is InChI=1S/C17H32F3N5/c1-13(2)25(15-5-6-15)8-7-22-16(21-4)24-11-9-23(10-12-24)14(3)17(18,19)20/h13-15H,5-12H2,1-4H3,(H,21,22). The van der Waals surface area contributed by atoms with Gasteiger partial charge in [0.25, 0.3) is 0 Å². The lowest BCUT2D eigenvalue weighted by Crippen LogP contribution is -2.57. The second-order valence-electron chi connectivity index (χ2n) is 7.28. The fraction of sp³-hybridized carbons (Fsp3) is 0.941. The van der Waals surface area contributed by atoms with Gasteiger partial charge in [0.05, 0.1) is 0 Å². The normalized spacial score (nSPS) is 22.0. The molecular weight excluding hydrogens is 331 g/mol. The summed E-state index contributed by atoms with van der Waals surface area (Å²) in [7, 11) is 1.73. The largest absolute Gasteiger partial charge is 0.403 e. The molecule has 0 aromatic heterocycles. The maximum Gasteiger partial charge on any atom is 0.403 e. The first kappa shape index (κ1) is 20.3. The van der Waals surface area contributed by atoms with E-state index in [4.69, 9.17) is 0 Å². The van der Waals surface area contributed by atoms with Crippen LogP contribution < -0.4 is 5.32 Å². The van der Waals surface area contributed by atoms with Crippen molar-refractivity contribution in [1.82, 2.24) is 20.0 Å². The SMILES string of the molecule is CN=C(NCCN(C(C)C)C1CC1)N1CCN(C(C)C(F)(F)F)CC1. The molecule has 2 aliphatic rings. The summed E-state index contributed by atoms with van der Waals surface area (Å²) in [5.41, 5.74) is 0. The number of aliphatic imine (C=N–C) groups is 1. The van der Waals surface area contributed by atoms with E-state index in [-0.39, 0.29) is 0 Å². The molecule has 0 spiro atoms. The molecule has 2 fully saturated rings. The van der Waals surface area contributed by atoms with Crippen LogP contribution in [0.3, 0.4) is 0 Å². The Hall–Kier alpha value is -1.02. The predicted octanol–water partition coefficient (Wildman–Crippen LogP) is 2.00. The van der Waals surface area contributed by atoms with Crippen LogP contribution in [0.25, 0.3) is 0 Å². The lowest BCUT2D eigenvalue weighted by Gasteiger charge is -2.39. The molecule has 1 unspecified atom stereocenters. The van der Waals surface area contributed by atoms with Crippen molar-refractivity contribution in [3.63, 3.8) is 0 Å². The van der Waals surface area contributed by atoms with Crippen molar-refractivity contribution in [2.45, 2.75) is 57.9 Å². The molecule has 1 saturated heterocycles. The molecule has 1 atom stereocenters. The molecule has 0 radical (unpaired) electrons. The molecule has 0 bridgehead atoms. The van der Waals surface area contributed by atoms with Gasteiger partial charge in [0.2, 0.25) is 0 Å². The average molecular weight is 363 g/mol. The number of nitrogens with zero attached hydrogens (tertiary/aromatic N) is 4. The van der Waals surface area contributed by atoms with Crippen LogP contribution in [0, 0.1) is 0 Å². The van der Waals surface area contributed by atoms with Crippen LogP contribution in [0.4, 0.5) is 13.2 Å². The van der Waals surface area contributed by atoms with E-state index in [1.807, 2.05) is 0 Å². The maximum atomic E-state index is 12.8. The van der Waals surface area contributed by atoms with E-state index in [1.165, 1.54) is 24.7 Å². The molecular formula is C17H32F3N5. The zero-order valence-electron chi connectivity index (χ0n) is 15.8. The highest BCUT2D eigenvalue weighted by molar-refractivity contribution is 5.80. The topological polar surface area (TPSA) is 34.1 Å². The quantitative estimate of drug-likeness (QED) is 0.578. The summed E-state index contributed by atoms with van der Waals surface area (Å²) in [6.07, 6.45) is -1.59. The van der Waals surface area contributed by atoms with Gasteiger partial charge in [0.1, 0.15) is 6.04 Å². The first-order chi connectivity index (χ1) is 11.7. The smallest absolute Gasteiger partial charge is 0.355 e. The van der Waals surface area contributed by atoms with Crippen molar-refractivity contribution in [1.29, 1.82) is 0 Å². The third kappa shape index (κ3) is 5.74. The van der Waals surface area contributed by atoms with Gasteiger partial charge in [-0.15, -0.1) is 0 Å². The first-order valence-electron chi connectivity index (χ1n) is 9.26. The third-order valence-electron chi connectivity index (χ3n) is 5.18. The monoisotopic (exact) mass is 363 g/mol. The van der Waals surface area contributed by atoms with Crippen LogP contribution in [0.2, 0.25) is 0 Å². The van der Waals surface area contributed by atoms with E-state index in [9.17, 15) is 13.2 Å². The summed E-state index contributed by atoms with van der Waals surface area (Å²) < 4.78 is 38.5. The van der Waals surface area contributed by atoms with E-state index in [1.54, 1.807) is 7.05 Å². The minimum atomic E-state index is -4.16. The Morgan fingerprint density at radius 1 is 1.16 bits per heavy atom. The second kappa shape index (κ2) is 8.58. The highest BCUT2D eigenvalue weighted by atomic mass is 19.4. The average Bonchev–Trinajstić information content (AvgIpc) is 3.38. The molecule has 1 aliphatic heterocycles. The molecule has 2 rings (SSSR count). The summed E-state index contributed by atoms with van der Waals surface area (Å²) >= 11 is 0. The zero-order valence-corrected chi connectivity index (χ0v) is 15.8. The van der Waals surface area contributed by atoms with E-state index in [2.05, 4.69) is 34.0 Å².